The molecule has 0 saturated carbocycles. The fourth-order valence-electron chi connectivity index (χ4n) is 1.49. The van der Waals surface area contributed by atoms with Crippen LogP contribution >= 0.6 is 22.6 Å². The van der Waals surface area contributed by atoms with Crippen molar-refractivity contribution >= 4 is 34.5 Å². The van der Waals surface area contributed by atoms with Crippen molar-refractivity contribution in [2.45, 2.75) is 0 Å². The minimum Gasteiger partial charge on any atom is -0.504 e. The van der Waals surface area contributed by atoms with Crippen molar-refractivity contribution in [1.82, 2.24) is 0 Å². The first kappa shape index (κ1) is 12.9. The normalized spacial score (nSPS) is 10.8. The van der Waals surface area contributed by atoms with E-state index in [9.17, 15) is 5.11 Å². The Kier molecular flexibility index (Phi) is 4.19. The van der Waals surface area contributed by atoms with Gasteiger partial charge in [0, 0.05) is 6.21 Å². The van der Waals surface area contributed by atoms with E-state index in [2.05, 4.69) is 27.6 Å². The minimum absolute atomic E-state index is 0.162. The summed E-state index contributed by atoms with van der Waals surface area (Å²) in [7, 11) is 1.53. The molecule has 0 amide bonds. The van der Waals surface area contributed by atoms with Gasteiger partial charge in [-0.2, -0.15) is 0 Å². The van der Waals surface area contributed by atoms with Crippen LogP contribution in [0.3, 0.4) is 0 Å². The van der Waals surface area contributed by atoms with Crippen LogP contribution in [0.4, 0.5) is 5.69 Å². The van der Waals surface area contributed by atoms with E-state index in [1.807, 2.05) is 36.4 Å². The quantitative estimate of drug-likeness (QED) is 0.675. The number of aliphatic imine (C=N–C) groups is 1. The van der Waals surface area contributed by atoms with E-state index in [1.54, 1.807) is 12.3 Å². The molecule has 2 rings (SSSR count). The molecule has 0 saturated heterocycles. The molecule has 4 heteroatoms. The topological polar surface area (TPSA) is 41.8 Å². The van der Waals surface area contributed by atoms with Crippen LogP contribution in [0.25, 0.3) is 0 Å². The molecule has 0 radical (unpaired) electrons. The van der Waals surface area contributed by atoms with E-state index in [-0.39, 0.29) is 5.75 Å². The average Bonchev–Trinajstić information content (AvgIpc) is 2.41. The molecule has 92 valence electrons. The van der Waals surface area contributed by atoms with Crippen LogP contribution in [-0.4, -0.2) is 18.4 Å². The Balaban J connectivity index is 2.30. The summed E-state index contributed by atoms with van der Waals surface area (Å²) in [4.78, 5) is 4.36. The van der Waals surface area contributed by atoms with E-state index in [4.69, 9.17) is 4.74 Å². The standard InChI is InChI=1S/C14H12INO2/c1-18-13-8-10(7-12(15)14(13)17)9-16-11-5-3-2-4-6-11/h2-9,17H,1H3. The first-order valence-corrected chi connectivity index (χ1v) is 6.44. The van der Waals surface area contributed by atoms with E-state index in [0.717, 1.165) is 14.8 Å². The third-order valence-corrected chi connectivity index (χ3v) is 3.21. The van der Waals surface area contributed by atoms with Gasteiger partial charge in [0.15, 0.2) is 11.5 Å². The molecule has 2 aromatic rings. The van der Waals surface area contributed by atoms with Crippen molar-refractivity contribution in [3.05, 3.63) is 51.6 Å². The Hall–Kier alpha value is -1.56. The molecule has 3 nitrogen and oxygen atoms in total. The predicted molar refractivity (Wildman–Crippen MR) is 81.1 cm³/mol. The molecule has 0 aromatic heterocycles. The monoisotopic (exact) mass is 353 g/mol. The SMILES string of the molecule is COc1cc(C=Nc2ccccc2)cc(I)c1O. The van der Waals surface area contributed by atoms with Crippen molar-refractivity contribution in [1.29, 1.82) is 0 Å². The number of ether oxygens (including phenoxy) is 1. The lowest BCUT2D eigenvalue weighted by Crippen LogP contribution is -1.90. The molecule has 1 N–H and O–H groups in total. The Morgan fingerprint density at radius 3 is 2.61 bits per heavy atom. The zero-order valence-electron chi connectivity index (χ0n) is 9.80. The van der Waals surface area contributed by atoms with E-state index >= 15 is 0 Å². The molecule has 0 heterocycles. The van der Waals surface area contributed by atoms with E-state index < -0.39 is 0 Å². The fraction of sp³-hybridized carbons (Fsp3) is 0.0714. The second-order valence-electron chi connectivity index (χ2n) is 3.65. The number of hydrogen-bond donors (Lipinski definition) is 1. The molecular formula is C14H12INO2. The molecule has 0 aliphatic rings. The maximum absolute atomic E-state index is 9.73. The zero-order valence-corrected chi connectivity index (χ0v) is 12.0. The van der Waals surface area contributed by atoms with Crippen molar-refractivity contribution in [2.24, 2.45) is 4.99 Å². The molecule has 0 spiro atoms. The van der Waals surface area contributed by atoms with Gasteiger partial charge in [0.25, 0.3) is 0 Å². The van der Waals surface area contributed by atoms with Gasteiger partial charge < -0.3 is 9.84 Å². The lowest BCUT2D eigenvalue weighted by Gasteiger charge is -2.06. The van der Waals surface area contributed by atoms with Gasteiger partial charge in [0.2, 0.25) is 0 Å². The molecule has 0 aliphatic carbocycles. The maximum Gasteiger partial charge on any atom is 0.171 e. The first-order valence-electron chi connectivity index (χ1n) is 5.36. The number of aromatic hydroxyl groups is 1. The second-order valence-corrected chi connectivity index (χ2v) is 4.81. The number of halogens is 1. The van der Waals surface area contributed by atoms with Crippen molar-refractivity contribution in [3.8, 4) is 11.5 Å². The smallest absolute Gasteiger partial charge is 0.171 e. The summed E-state index contributed by atoms with van der Waals surface area (Å²) in [6.07, 6.45) is 1.75. The molecule has 0 aliphatic heterocycles. The van der Waals surface area contributed by atoms with Gasteiger partial charge in [0.05, 0.1) is 16.4 Å². The molecule has 0 unspecified atom stereocenters. The van der Waals surface area contributed by atoms with Crippen molar-refractivity contribution in [2.75, 3.05) is 7.11 Å². The predicted octanol–water partition coefficient (Wildman–Crippen LogP) is 3.76. The second kappa shape index (κ2) is 5.86. The average molecular weight is 353 g/mol. The number of hydrogen-bond acceptors (Lipinski definition) is 3. The fourth-order valence-corrected chi connectivity index (χ4v) is 2.11. The summed E-state index contributed by atoms with van der Waals surface area (Å²) in [6.45, 7) is 0. The molecule has 18 heavy (non-hydrogen) atoms. The molecule has 0 fully saturated rings. The number of phenolic OH excluding ortho intramolecular Hbond substituents is 1. The lowest BCUT2D eigenvalue weighted by atomic mass is 10.2. The number of para-hydroxylation sites is 1. The summed E-state index contributed by atoms with van der Waals surface area (Å²) in [5.41, 5.74) is 1.78. The van der Waals surface area contributed by atoms with Crippen LogP contribution < -0.4 is 4.74 Å². The molecule has 2 aromatic carbocycles. The third kappa shape index (κ3) is 3.01. The number of methoxy groups -OCH3 is 1. The van der Waals surface area contributed by atoms with Crippen LogP contribution in [0.15, 0.2) is 47.5 Å². The number of nitrogens with zero attached hydrogens (tertiary/aromatic N) is 1. The van der Waals surface area contributed by atoms with Crippen LogP contribution in [0.2, 0.25) is 0 Å². The maximum atomic E-state index is 9.73. The minimum atomic E-state index is 0.162. The Labute approximate surface area is 119 Å². The lowest BCUT2D eigenvalue weighted by molar-refractivity contribution is 0.371. The highest BCUT2D eigenvalue weighted by molar-refractivity contribution is 14.1. The van der Waals surface area contributed by atoms with Crippen LogP contribution in [0.1, 0.15) is 5.56 Å². The summed E-state index contributed by atoms with van der Waals surface area (Å²) in [6, 6.07) is 13.3. The number of rotatable bonds is 3. The summed E-state index contributed by atoms with van der Waals surface area (Å²) < 4.78 is 5.84. The molecule has 0 bridgehead atoms. The summed E-state index contributed by atoms with van der Waals surface area (Å²) >= 11 is 2.06. The van der Waals surface area contributed by atoms with E-state index in [1.165, 1.54) is 7.11 Å². The highest BCUT2D eigenvalue weighted by Crippen LogP contribution is 2.31. The Morgan fingerprint density at radius 2 is 1.94 bits per heavy atom. The summed E-state index contributed by atoms with van der Waals surface area (Å²) in [5, 5.41) is 9.73. The summed E-state index contributed by atoms with van der Waals surface area (Å²) in [5.74, 6) is 0.617. The number of benzene rings is 2. The van der Waals surface area contributed by atoms with Gasteiger partial charge in [-0.15, -0.1) is 0 Å². The van der Waals surface area contributed by atoms with Gasteiger partial charge in [-0.1, -0.05) is 18.2 Å². The Morgan fingerprint density at radius 1 is 1.22 bits per heavy atom. The zero-order chi connectivity index (χ0) is 13.0. The highest BCUT2D eigenvalue weighted by atomic mass is 127. The van der Waals surface area contributed by atoms with Crippen LogP contribution in [0, 0.1) is 3.57 Å². The third-order valence-electron chi connectivity index (χ3n) is 2.39. The number of phenols is 1. The van der Waals surface area contributed by atoms with Gasteiger partial charge in [0.1, 0.15) is 0 Å². The first-order chi connectivity index (χ1) is 8.70. The van der Waals surface area contributed by atoms with Crippen LogP contribution in [-0.2, 0) is 0 Å². The van der Waals surface area contributed by atoms with Gasteiger partial charge in [-0.25, -0.2) is 0 Å². The van der Waals surface area contributed by atoms with Crippen molar-refractivity contribution in [3.63, 3.8) is 0 Å². The highest BCUT2D eigenvalue weighted by Gasteiger charge is 2.07. The molecule has 0 atom stereocenters. The molecular weight excluding hydrogens is 341 g/mol. The van der Waals surface area contributed by atoms with E-state index in [0.29, 0.717) is 5.75 Å². The largest absolute Gasteiger partial charge is 0.504 e. The van der Waals surface area contributed by atoms with Gasteiger partial charge in [-0.3, -0.25) is 4.99 Å². The van der Waals surface area contributed by atoms with Crippen LogP contribution in [0.5, 0.6) is 11.5 Å². The van der Waals surface area contributed by atoms with Gasteiger partial charge in [-0.05, 0) is 52.4 Å². The Bertz CT molecular complexity index is 568. The van der Waals surface area contributed by atoms with Gasteiger partial charge >= 0.3 is 0 Å². The van der Waals surface area contributed by atoms with Crippen molar-refractivity contribution < 1.29 is 9.84 Å².